The molecule has 1 fully saturated rings. The van der Waals surface area contributed by atoms with Gasteiger partial charge in [0.05, 0.1) is 10.7 Å². The molecule has 1 aliphatic rings. The van der Waals surface area contributed by atoms with E-state index in [2.05, 4.69) is 10.2 Å². The molecule has 0 unspecified atom stereocenters. The van der Waals surface area contributed by atoms with Crippen LogP contribution in [0.3, 0.4) is 0 Å². The van der Waals surface area contributed by atoms with E-state index in [4.69, 9.17) is 16.3 Å². The van der Waals surface area contributed by atoms with Gasteiger partial charge in [-0.25, -0.2) is 0 Å². The highest BCUT2D eigenvalue weighted by Gasteiger charge is 2.30. The van der Waals surface area contributed by atoms with E-state index in [0.29, 0.717) is 29.5 Å². The van der Waals surface area contributed by atoms with Gasteiger partial charge in [-0.3, -0.25) is 9.59 Å². The van der Waals surface area contributed by atoms with Crippen molar-refractivity contribution in [1.29, 1.82) is 0 Å². The molecule has 1 saturated heterocycles. The van der Waals surface area contributed by atoms with Crippen molar-refractivity contribution in [2.75, 3.05) is 43.0 Å². The third-order valence-electron chi connectivity index (χ3n) is 5.23. The molecule has 0 atom stereocenters. The third kappa shape index (κ3) is 5.91. The fourth-order valence-electron chi connectivity index (χ4n) is 3.52. The molecule has 2 amide bonds. The minimum absolute atomic E-state index is 0.0754. The Balaban J connectivity index is 1.55. The number of amides is 2. The quantitative estimate of drug-likeness (QED) is 0.745. The number of nitrogens with zero attached hydrogens (tertiary/aromatic N) is 2. The van der Waals surface area contributed by atoms with E-state index in [1.54, 1.807) is 6.07 Å². The molecule has 0 radical (unpaired) electrons. The average molecular weight is 444 g/mol. The van der Waals surface area contributed by atoms with E-state index in [1.165, 1.54) is 0 Å². The maximum absolute atomic E-state index is 12.5. The van der Waals surface area contributed by atoms with Crippen molar-refractivity contribution in [2.45, 2.75) is 27.7 Å². The predicted octanol–water partition coefficient (Wildman–Crippen LogP) is 4.36. The number of benzene rings is 2. The van der Waals surface area contributed by atoms with Crippen LogP contribution in [0.4, 0.5) is 11.4 Å². The molecule has 0 aliphatic carbocycles. The van der Waals surface area contributed by atoms with Crippen molar-refractivity contribution < 1.29 is 14.3 Å². The lowest BCUT2D eigenvalue weighted by Crippen LogP contribution is -2.51. The van der Waals surface area contributed by atoms with Crippen LogP contribution in [0.15, 0.2) is 42.5 Å². The molecule has 1 N–H and O–H groups in total. The molecule has 0 saturated carbocycles. The van der Waals surface area contributed by atoms with Crippen LogP contribution in [0.5, 0.6) is 5.75 Å². The van der Waals surface area contributed by atoms with Crippen LogP contribution in [0.25, 0.3) is 0 Å². The summed E-state index contributed by atoms with van der Waals surface area (Å²) >= 11 is 6.51. The lowest BCUT2D eigenvalue weighted by Gasteiger charge is -2.39. The molecule has 7 heteroatoms. The van der Waals surface area contributed by atoms with Gasteiger partial charge in [-0.2, -0.15) is 0 Å². The Morgan fingerprint density at radius 3 is 2.35 bits per heavy atom. The Morgan fingerprint density at radius 1 is 1.06 bits per heavy atom. The zero-order valence-corrected chi connectivity index (χ0v) is 19.3. The first-order valence-corrected chi connectivity index (χ1v) is 10.8. The number of hydrogen-bond donors (Lipinski definition) is 1. The van der Waals surface area contributed by atoms with Crippen LogP contribution < -0.4 is 15.0 Å². The molecule has 0 spiro atoms. The Bertz CT molecular complexity index is 947. The average Bonchev–Trinajstić information content (AvgIpc) is 2.72. The van der Waals surface area contributed by atoms with Crippen LogP contribution in [-0.4, -0.2) is 49.5 Å². The second kappa shape index (κ2) is 9.60. The Hall–Kier alpha value is -2.73. The van der Waals surface area contributed by atoms with E-state index in [1.807, 2.05) is 69.0 Å². The van der Waals surface area contributed by atoms with Crippen molar-refractivity contribution in [3.8, 4) is 5.75 Å². The van der Waals surface area contributed by atoms with Gasteiger partial charge < -0.3 is 19.9 Å². The predicted molar refractivity (Wildman–Crippen MR) is 125 cm³/mol. The molecule has 2 aromatic carbocycles. The number of halogens is 1. The Kier molecular flexibility index (Phi) is 7.11. The number of carbonyl (C=O) groups excluding carboxylic acids is 2. The number of ether oxygens (including phenoxy) is 1. The van der Waals surface area contributed by atoms with Crippen LogP contribution in [0, 0.1) is 12.3 Å². The van der Waals surface area contributed by atoms with Gasteiger partial charge in [0.1, 0.15) is 5.75 Å². The summed E-state index contributed by atoms with van der Waals surface area (Å²) in [7, 11) is 0. The lowest BCUT2D eigenvalue weighted by molar-refractivity contribution is -0.139. The second-order valence-electron chi connectivity index (χ2n) is 8.80. The monoisotopic (exact) mass is 443 g/mol. The number of anilines is 2. The molecule has 0 bridgehead atoms. The standard InChI is InChI=1S/C24H30ClN3O3/c1-17-7-5-6-8-21(17)31-16-22(29)26-18-9-10-20(19(25)15-18)27-11-13-28(14-12-27)23(30)24(2,3)4/h5-10,15H,11-14,16H2,1-4H3,(H,26,29). The van der Waals surface area contributed by atoms with E-state index >= 15 is 0 Å². The van der Waals surface area contributed by atoms with Crippen LogP contribution in [0.1, 0.15) is 26.3 Å². The minimum Gasteiger partial charge on any atom is -0.483 e. The number of rotatable bonds is 5. The molecule has 1 aliphatic heterocycles. The fraction of sp³-hybridized carbons (Fsp3) is 0.417. The number of aryl methyl sites for hydroxylation is 1. The number of para-hydroxylation sites is 1. The SMILES string of the molecule is Cc1ccccc1OCC(=O)Nc1ccc(N2CCN(C(=O)C(C)(C)C)CC2)c(Cl)c1. The summed E-state index contributed by atoms with van der Waals surface area (Å²) in [4.78, 5) is 28.8. The number of nitrogens with one attached hydrogen (secondary N) is 1. The highest BCUT2D eigenvalue weighted by Crippen LogP contribution is 2.30. The molecule has 1 heterocycles. The highest BCUT2D eigenvalue weighted by atomic mass is 35.5. The van der Waals surface area contributed by atoms with Gasteiger partial charge in [0, 0.05) is 37.3 Å². The number of carbonyl (C=O) groups is 2. The summed E-state index contributed by atoms with van der Waals surface area (Å²) < 4.78 is 5.59. The molecule has 31 heavy (non-hydrogen) atoms. The zero-order valence-electron chi connectivity index (χ0n) is 18.6. The number of hydrogen-bond acceptors (Lipinski definition) is 4. The molecule has 2 aromatic rings. The first kappa shape index (κ1) is 22.9. The molecule has 166 valence electrons. The summed E-state index contributed by atoms with van der Waals surface area (Å²) in [6.45, 7) is 10.5. The maximum atomic E-state index is 12.5. The van der Waals surface area contributed by atoms with Gasteiger partial charge in [-0.15, -0.1) is 0 Å². The zero-order chi connectivity index (χ0) is 22.6. The first-order valence-electron chi connectivity index (χ1n) is 10.5. The van der Waals surface area contributed by atoms with Crippen LogP contribution in [-0.2, 0) is 9.59 Å². The van der Waals surface area contributed by atoms with Crippen molar-refractivity contribution in [1.82, 2.24) is 4.90 Å². The van der Waals surface area contributed by atoms with Gasteiger partial charge in [-0.1, -0.05) is 50.6 Å². The van der Waals surface area contributed by atoms with Crippen molar-refractivity contribution >= 4 is 34.8 Å². The highest BCUT2D eigenvalue weighted by molar-refractivity contribution is 6.33. The van der Waals surface area contributed by atoms with Gasteiger partial charge in [0.15, 0.2) is 6.61 Å². The summed E-state index contributed by atoms with van der Waals surface area (Å²) in [5.41, 5.74) is 2.13. The van der Waals surface area contributed by atoms with E-state index < -0.39 is 0 Å². The van der Waals surface area contributed by atoms with Crippen LogP contribution in [0.2, 0.25) is 5.02 Å². The third-order valence-corrected chi connectivity index (χ3v) is 5.54. The van der Waals surface area contributed by atoms with E-state index in [-0.39, 0.29) is 23.8 Å². The minimum atomic E-state index is -0.372. The molecule has 6 nitrogen and oxygen atoms in total. The lowest BCUT2D eigenvalue weighted by atomic mass is 9.94. The molecular formula is C24H30ClN3O3. The molecular weight excluding hydrogens is 414 g/mol. The van der Waals surface area contributed by atoms with Gasteiger partial charge in [-0.05, 0) is 36.8 Å². The summed E-state index contributed by atoms with van der Waals surface area (Å²) in [6, 6.07) is 13.1. The van der Waals surface area contributed by atoms with Gasteiger partial charge in [0.2, 0.25) is 5.91 Å². The summed E-state index contributed by atoms with van der Waals surface area (Å²) in [6.07, 6.45) is 0. The van der Waals surface area contributed by atoms with Crippen molar-refractivity contribution in [2.24, 2.45) is 5.41 Å². The summed E-state index contributed by atoms with van der Waals surface area (Å²) in [5, 5.41) is 3.38. The van der Waals surface area contributed by atoms with Crippen LogP contribution >= 0.6 is 11.6 Å². The van der Waals surface area contributed by atoms with Gasteiger partial charge in [0.25, 0.3) is 5.91 Å². The topological polar surface area (TPSA) is 61.9 Å². The van der Waals surface area contributed by atoms with Crippen molar-refractivity contribution in [3.05, 3.63) is 53.1 Å². The normalized spacial score (nSPS) is 14.4. The van der Waals surface area contributed by atoms with Crippen molar-refractivity contribution in [3.63, 3.8) is 0 Å². The first-order chi connectivity index (χ1) is 14.6. The smallest absolute Gasteiger partial charge is 0.262 e. The fourth-order valence-corrected chi connectivity index (χ4v) is 3.82. The largest absolute Gasteiger partial charge is 0.483 e. The Morgan fingerprint density at radius 2 is 1.74 bits per heavy atom. The second-order valence-corrected chi connectivity index (χ2v) is 9.20. The molecule has 3 rings (SSSR count). The van der Waals surface area contributed by atoms with Gasteiger partial charge >= 0.3 is 0 Å². The van der Waals surface area contributed by atoms with E-state index in [9.17, 15) is 9.59 Å². The summed E-state index contributed by atoms with van der Waals surface area (Å²) in [5.74, 6) is 0.612. The number of piperazine rings is 1. The van der Waals surface area contributed by atoms with E-state index in [0.717, 1.165) is 24.3 Å². The maximum Gasteiger partial charge on any atom is 0.262 e. The Labute approximate surface area is 189 Å². The molecule has 0 aromatic heterocycles.